The summed E-state index contributed by atoms with van der Waals surface area (Å²) in [6.07, 6.45) is 4.27. The molecule has 0 atom stereocenters. The molecular formula is C16H18N4O3. The average molecular weight is 314 g/mol. The second kappa shape index (κ2) is 6.95. The SMILES string of the molecule is O=C(CCc1cn[nH]c1)Nc1ccc(CN2CCOC2=O)cc1. The van der Waals surface area contributed by atoms with Crippen LogP contribution >= 0.6 is 0 Å². The Hall–Kier alpha value is -2.83. The molecule has 0 spiro atoms. The van der Waals surface area contributed by atoms with Crippen molar-refractivity contribution < 1.29 is 14.3 Å². The molecule has 0 bridgehead atoms. The molecule has 1 fully saturated rings. The molecular weight excluding hydrogens is 296 g/mol. The lowest BCUT2D eigenvalue weighted by atomic mass is 10.1. The minimum Gasteiger partial charge on any atom is -0.448 e. The van der Waals surface area contributed by atoms with Crippen LogP contribution in [0.2, 0.25) is 0 Å². The van der Waals surface area contributed by atoms with Crippen LogP contribution in [-0.2, 0) is 22.5 Å². The number of carbonyl (C=O) groups is 2. The zero-order valence-corrected chi connectivity index (χ0v) is 12.6. The maximum absolute atomic E-state index is 11.9. The number of amides is 2. The highest BCUT2D eigenvalue weighted by Gasteiger charge is 2.21. The van der Waals surface area contributed by atoms with Crippen molar-refractivity contribution in [1.82, 2.24) is 15.1 Å². The average Bonchev–Trinajstić information content (AvgIpc) is 3.20. The van der Waals surface area contributed by atoms with Crippen LogP contribution in [0, 0.1) is 0 Å². The van der Waals surface area contributed by atoms with Gasteiger partial charge in [0.15, 0.2) is 0 Å². The van der Waals surface area contributed by atoms with Crippen molar-refractivity contribution in [2.45, 2.75) is 19.4 Å². The first-order chi connectivity index (χ1) is 11.2. The van der Waals surface area contributed by atoms with Crippen molar-refractivity contribution in [3.05, 3.63) is 47.8 Å². The number of nitrogens with zero attached hydrogens (tertiary/aromatic N) is 2. The largest absolute Gasteiger partial charge is 0.448 e. The quantitative estimate of drug-likeness (QED) is 0.853. The van der Waals surface area contributed by atoms with Crippen molar-refractivity contribution in [3.63, 3.8) is 0 Å². The molecule has 1 aliphatic rings. The number of H-pyrrole nitrogens is 1. The van der Waals surface area contributed by atoms with E-state index in [4.69, 9.17) is 4.74 Å². The first kappa shape index (κ1) is 15.1. The molecule has 1 aliphatic heterocycles. The number of aromatic nitrogens is 2. The minimum atomic E-state index is -0.276. The second-order valence-corrected chi connectivity index (χ2v) is 5.39. The Kier molecular flexibility index (Phi) is 4.56. The van der Waals surface area contributed by atoms with E-state index in [9.17, 15) is 9.59 Å². The number of cyclic esters (lactones) is 1. The van der Waals surface area contributed by atoms with Crippen LogP contribution in [-0.4, -0.2) is 40.2 Å². The van der Waals surface area contributed by atoms with Gasteiger partial charge in [0, 0.05) is 24.8 Å². The smallest absolute Gasteiger partial charge is 0.410 e. The van der Waals surface area contributed by atoms with Crippen LogP contribution in [0.25, 0.3) is 0 Å². The molecule has 1 aromatic carbocycles. The summed E-state index contributed by atoms with van der Waals surface area (Å²) in [6.45, 7) is 1.59. The highest BCUT2D eigenvalue weighted by atomic mass is 16.6. The Balaban J connectivity index is 1.48. The van der Waals surface area contributed by atoms with E-state index in [1.54, 1.807) is 17.3 Å². The molecule has 0 unspecified atom stereocenters. The van der Waals surface area contributed by atoms with E-state index in [0.717, 1.165) is 16.8 Å². The lowest BCUT2D eigenvalue weighted by Gasteiger charge is -2.13. The summed E-state index contributed by atoms with van der Waals surface area (Å²) in [7, 11) is 0. The maximum Gasteiger partial charge on any atom is 0.410 e. The number of aromatic amines is 1. The highest BCUT2D eigenvalue weighted by Crippen LogP contribution is 2.14. The van der Waals surface area contributed by atoms with E-state index >= 15 is 0 Å². The molecule has 2 N–H and O–H groups in total. The molecule has 7 heteroatoms. The van der Waals surface area contributed by atoms with Gasteiger partial charge in [-0.15, -0.1) is 0 Å². The monoisotopic (exact) mass is 314 g/mol. The number of ether oxygens (including phenoxy) is 1. The molecule has 0 aliphatic carbocycles. The van der Waals surface area contributed by atoms with Crippen LogP contribution in [0.3, 0.4) is 0 Å². The van der Waals surface area contributed by atoms with Crippen molar-refractivity contribution in [2.75, 3.05) is 18.5 Å². The standard InChI is InChI=1S/C16H18N4O3/c21-15(6-3-13-9-17-18-10-13)19-14-4-1-12(2-5-14)11-20-7-8-23-16(20)22/h1-2,4-5,9-10H,3,6-8,11H2,(H,17,18)(H,19,21). The lowest BCUT2D eigenvalue weighted by Crippen LogP contribution is -2.23. The fourth-order valence-electron chi connectivity index (χ4n) is 2.38. The van der Waals surface area contributed by atoms with E-state index in [0.29, 0.717) is 32.5 Å². The lowest BCUT2D eigenvalue weighted by molar-refractivity contribution is -0.116. The Morgan fingerprint density at radius 2 is 2.13 bits per heavy atom. The van der Waals surface area contributed by atoms with E-state index in [-0.39, 0.29) is 12.0 Å². The number of hydrogen-bond donors (Lipinski definition) is 2. The maximum atomic E-state index is 11.9. The van der Waals surface area contributed by atoms with Crippen LogP contribution in [0.1, 0.15) is 17.5 Å². The van der Waals surface area contributed by atoms with Gasteiger partial charge >= 0.3 is 6.09 Å². The first-order valence-electron chi connectivity index (χ1n) is 7.49. The Bertz CT molecular complexity index is 667. The Morgan fingerprint density at radius 1 is 1.30 bits per heavy atom. The molecule has 0 radical (unpaired) electrons. The topological polar surface area (TPSA) is 87.3 Å². The van der Waals surface area contributed by atoms with Crippen LogP contribution in [0.5, 0.6) is 0 Å². The number of rotatable bonds is 6. The number of carbonyl (C=O) groups excluding carboxylic acids is 2. The fourth-order valence-corrected chi connectivity index (χ4v) is 2.38. The van der Waals surface area contributed by atoms with E-state index in [2.05, 4.69) is 15.5 Å². The van der Waals surface area contributed by atoms with Crippen molar-refractivity contribution in [3.8, 4) is 0 Å². The second-order valence-electron chi connectivity index (χ2n) is 5.39. The molecule has 1 aromatic heterocycles. The molecule has 2 amide bonds. The van der Waals surface area contributed by atoms with Gasteiger partial charge in [-0.2, -0.15) is 5.10 Å². The summed E-state index contributed by atoms with van der Waals surface area (Å²) >= 11 is 0. The number of nitrogens with one attached hydrogen (secondary N) is 2. The van der Waals surface area contributed by atoms with Crippen molar-refractivity contribution >= 4 is 17.7 Å². The summed E-state index contributed by atoms with van der Waals surface area (Å²) in [5, 5.41) is 9.43. The fraction of sp³-hybridized carbons (Fsp3) is 0.312. The van der Waals surface area contributed by atoms with Crippen molar-refractivity contribution in [1.29, 1.82) is 0 Å². The van der Waals surface area contributed by atoms with Gasteiger partial charge in [-0.05, 0) is 29.7 Å². The van der Waals surface area contributed by atoms with E-state index in [1.165, 1.54) is 0 Å². The van der Waals surface area contributed by atoms with Gasteiger partial charge in [-0.1, -0.05) is 12.1 Å². The Morgan fingerprint density at radius 3 is 2.78 bits per heavy atom. The van der Waals surface area contributed by atoms with Crippen LogP contribution < -0.4 is 5.32 Å². The molecule has 23 heavy (non-hydrogen) atoms. The molecule has 2 heterocycles. The summed E-state index contributed by atoms with van der Waals surface area (Å²) in [5.74, 6) is -0.0397. The number of hydrogen-bond acceptors (Lipinski definition) is 4. The van der Waals surface area contributed by atoms with Crippen LogP contribution in [0.4, 0.5) is 10.5 Å². The zero-order chi connectivity index (χ0) is 16.1. The summed E-state index contributed by atoms with van der Waals surface area (Å²) in [6, 6.07) is 7.48. The van der Waals surface area contributed by atoms with Gasteiger partial charge in [0.1, 0.15) is 6.61 Å². The highest BCUT2D eigenvalue weighted by molar-refractivity contribution is 5.90. The van der Waals surface area contributed by atoms with Gasteiger partial charge < -0.3 is 15.0 Å². The van der Waals surface area contributed by atoms with E-state index < -0.39 is 0 Å². The zero-order valence-electron chi connectivity index (χ0n) is 12.6. The molecule has 3 rings (SSSR count). The molecule has 2 aromatic rings. The third-order valence-corrected chi connectivity index (χ3v) is 3.65. The van der Waals surface area contributed by atoms with Gasteiger partial charge in [-0.3, -0.25) is 9.89 Å². The molecule has 7 nitrogen and oxygen atoms in total. The molecule has 0 saturated carbocycles. The third kappa shape index (κ3) is 4.09. The Labute approximate surface area is 133 Å². The van der Waals surface area contributed by atoms with Crippen molar-refractivity contribution in [2.24, 2.45) is 0 Å². The number of anilines is 1. The van der Waals surface area contributed by atoms with E-state index in [1.807, 2.05) is 24.3 Å². The van der Waals surface area contributed by atoms with Gasteiger partial charge in [-0.25, -0.2) is 4.79 Å². The van der Waals surface area contributed by atoms with Gasteiger partial charge in [0.05, 0.1) is 12.7 Å². The summed E-state index contributed by atoms with van der Waals surface area (Å²) < 4.78 is 4.89. The number of benzene rings is 1. The van der Waals surface area contributed by atoms with Gasteiger partial charge in [0.25, 0.3) is 0 Å². The third-order valence-electron chi connectivity index (χ3n) is 3.65. The molecule has 120 valence electrons. The number of aryl methyl sites for hydroxylation is 1. The minimum absolute atomic E-state index is 0.0397. The first-order valence-corrected chi connectivity index (χ1v) is 7.49. The van der Waals surface area contributed by atoms with Gasteiger partial charge in [0.2, 0.25) is 5.91 Å². The predicted molar refractivity (Wildman–Crippen MR) is 83.7 cm³/mol. The summed E-state index contributed by atoms with van der Waals surface area (Å²) in [4.78, 5) is 25.0. The van der Waals surface area contributed by atoms with Crippen LogP contribution in [0.15, 0.2) is 36.7 Å². The normalized spacial score (nSPS) is 13.9. The predicted octanol–water partition coefficient (Wildman–Crippen LogP) is 1.93. The molecule has 1 saturated heterocycles. The summed E-state index contributed by atoms with van der Waals surface area (Å²) in [5.41, 5.74) is 2.75.